The number of imidazole rings is 1. The number of aliphatic hydroxyl groups excluding tert-OH is 1. The number of nitrogens with two attached hydrogens (primary N) is 1. The fourth-order valence-corrected chi connectivity index (χ4v) is 8.67. The Bertz CT molecular complexity index is 2100. The topological polar surface area (TPSA) is 222 Å². The highest BCUT2D eigenvalue weighted by Gasteiger charge is 2.52. The number of esters is 1. The molecule has 2 fully saturated rings. The normalized spacial score (nSPS) is 22.4. The number of carbonyl (C=O) groups is 1. The van der Waals surface area contributed by atoms with E-state index in [1.54, 1.807) is 35.8 Å². The Hall–Kier alpha value is -3.68. The first kappa shape index (κ1) is 38.1. The van der Waals surface area contributed by atoms with E-state index in [1.165, 1.54) is 13.4 Å². The number of anilines is 2. The number of fused-ring (bicyclic) bond motifs is 1. The van der Waals surface area contributed by atoms with Gasteiger partial charge in [-0.15, -0.1) is 4.83 Å². The number of rotatable bonds is 14. The van der Waals surface area contributed by atoms with Crippen molar-refractivity contribution in [3.8, 4) is 5.75 Å². The third-order valence-electron chi connectivity index (χ3n) is 9.02. The minimum atomic E-state index is -4.34. The number of ether oxygens (including phenoxy) is 2. The number of aryl methyl sites for hydroxylation is 1. The van der Waals surface area contributed by atoms with Crippen molar-refractivity contribution < 1.29 is 41.4 Å². The van der Waals surface area contributed by atoms with Crippen molar-refractivity contribution in [2.24, 2.45) is 5.92 Å². The zero-order valence-corrected chi connectivity index (χ0v) is 32.1. The van der Waals surface area contributed by atoms with E-state index in [0.717, 1.165) is 26.9 Å². The molecule has 1 aliphatic heterocycles. The van der Waals surface area contributed by atoms with Crippen molar-refractivity contribution in [2.45, 2.75) is 63.7 Å². The molecule has 3 unspecified atom stereocenters. The summed E-state index contributed by atoms with van der Waals surface area (Å²) in [4.78, 5) is 28.7. The van der Waals surface area contributed by atoms with Crippen LogP contribution in [0.15, 0.2) is 59.3 Å². The fourth-order valence-electron chi connectivity index (χ4n) is 6.07. The molecule has 52 heavy (non-hydrogen) atoms. The van der Waals surface area contributed by atoms with Gasteiger partial charge in [0.2, 0.25) is 16.0 Å². The van der Waals surface area contributed by atoms with Crippen LogP contribution in [-0.4, -0.2) is 76.7 Å². The molecule has 0 amide bonds. The highest BCUT2D eigenvalue weighted by Crippen LogP contribution is 2.51. The molecule has 5 N–H and O–H groups in total. The third-order valence-corrected chi connectivity index (χ3v) is 11.8. The summed E-state index contributed by atoms with van der Waals surface area (Å²) in [5, 5.41) is 15.4. The maximum absolute atomic E-state index is 14.6. The number of nitrogens with one attached hydrogen (secondary N) is 2. The molecule has 2 aromatic carbocycles. The number of nitrogen functional groups attached to an aromatic ring is 1. The highest BCUT2D eigenvalue weighted by molar-refractivity contribution is 9.10. The van der Waals surface area contributed by atoms with Crippen molar-refractivity contribution in [1.29, 1.82) is 0 Å². The number of sulfonamides is 1. The Labute approximate surface area is 308 Å². The van der Waals surface area contributed by atoms with Crippen LogP contribution in [0.1, 0.15) is 43.5 Å². The van der Waals surface area contributed by atoms with Gasteiger partial charge in [-0.1, -0.05) is 47.1 Å². The van der Waals surface area contributed by atoms with Crippen molar-refractivity contribution in [2.75, 3.05) is 30.7 Å². The van der Waals surface area contributed by atoms with Crippen molar-refractivity contribution in [3.05, 3.63) is 70.5 Å². The summed E-state index contributed by atoms with van der Waals surface area (Å²) in [7, 11) is -6.55. The number of halogens is 1. The standard InChI is InChI=1S/C32H40BrN8O9PS/c1-19-8-5-6-9-21(19)16-47-30(43)32(14-7-15-32)38-51(44,50-23-12-10-22(33)11-13-23)48-17-24-26(42)20(2)29(49-24)41-18-35-25-27(36-31(34)37-28(25)41)40(3)39-52(4,45)46/h5-6,8-13,18,20,24,26,29,39,42H,7,14-17H2,1-4H3,(H,38,44)(H2,34,36,37)/t20-,24?,26-,29?,51?/m0/s1. The van der Waals surface area contributed by atoms with Crippen LogP contribution in [0.4, 0.5) is 11.8 Å². The first-order valence-electron chi connectivity index (χ1n) is 16.3. The molecule has 4 aromatic rings. The molecule has 17 nitrogen and oxygen atoms in total. The van der Waals surface area contributed by atoms with Gasteiger partial charge in [-0.2, -0.15) is 15.1 Å². The van der Waals surface area contributed by atoms with Crippen LogP contribution in [0.5, 0.6) is 5.75 Å². The van der Waals surface area contributed by atoms with Crippen LogP contribution in [-0.2, 0) is 40.0 Å². The second-order valence-corrected chi connectivity index (χ2v) is 17.3. The molecule has 20 heteroatoms. The molecule has 6 rings (SSSR count). The van der Waals surface area contributed by atoms with Gasteiger partial charge in [-0.3, -0.25) is 18.9 Å². The molecule has 0 spiro atoms. The molecule has 1 aliphatic carbocycles. The van der Waals surface area contributed by atoms with E-state index in [0.29, 0.717) is 19.3 Å². The zero-order valence-electron chi connectivity index (χ0n) is 28.8. The number of aromatic nitrogens is 4. The predicted molar refractivity (Wildman–Crippen MR) is 194 cm³/mol. The fraction of sp³-hybridized carbons (Fsp3) is 0.438. The maximum atomic E-state index is 14.6. The predicted octanol–water partition coefficient (Wildman–Crippen LogP) is 3.73. The molecule has 0 bridgehead atoms. The van der Waals surface area contributed by atoms with Gasteiger partial charge >= 0.3 is 13.7 Å². The quantitative estimate of drug-likeness (QED) is 0.0808. The smallest absolute Gasteiger partial charge is 0.459 e. The average Bonchev–Trinajstić information content (AvgIpc) is 3.60. The van der Waals surface area contributed by atoms with Crippen LogP contribution < -0.4 is 25.2 Å². The lowest BCUT2D eigenvalue weighted by Gasteiger charge is -2.41. The lowest BCUT2D eigenvalue weighted by Crippen LogP contribution is -2.57. The number of hydrazine groups is 1. The van der Waals surface area contributed by atoms with Gasteiger partial charge in [0.1, 0.15) is 30.2 Å². The Kier molecular flexibility index (Phi) is 11.0. The van der Waals surface area contributed by atoms with Crippen molar-refractivity contribution >= 4 is 62.6 Å². The van der Waals surface area contributed by atoms with Gasteiger partial charge in [-0.25, -0.2) is 18.0 Å². The van der Waals surface area contributed by atoms with Gasteiger partial charge in [0, 0.05) is 17.4 Å². The lowest BCUT2D eigenvalue weighted by atomic mass is 9.78. The SMILES string of the molecule is Cc1ccccc1COC(=O)C1(NP(=O)(OCC2OC(n3cnc4c(N(C)NS(C)(=O)=O)nc(N)nc43)[C@@H](C)[C@@H]2O)Oc2ccc(Br)cc2)CCC1. The molecule has 5 atom stereocenters. The van der Waals surface area contributed by atoms with E-state index in [1.807, 2.05) is 31.2 Å². The molecule has 2 aromatic heterocycles. The first-order chi connectivity index (χ1) is 24.6. The second-order valence-electron chi connectivity index (χ2n) is 13.0. The van der Waals surface area contributed by atoms with E-state index in [9.17, 15) is 22.9 Å². The van der Waals surface area contributed by atoms with Crippen LogP contribution in [0.3, 0.4) is 0 Å². The Morgan fingerprint density at radius 1 is 1.21 bits per heavy atom. The van der Waals surface area contributed by atoms with Crippen LogP contribution in [0, 0.1) is 12.8 Å². The van der Waals surface area contributed by atoms with Gasteiger partial charge in [0.05, 0.1) is 25.3 Å². The molecule has 0 radical (unpaired) electrons. The monoisotopic (exact) mass is 822 g/mol. The Morgan fingerprint density at radius 2 is 1.92 bits per heavy atom. The summed E-state index contributed by atoms with van der Waals surface area (Å²) in [5.74, 6) is -0.990. The summed E-state index contributed by atoms with van der Waals surface area (Å²) in [6, 6.07) is 14.2. The number of carbonyl (C=O) groups excluding carboxylic acids is 1. The number of hydrogen-bond donors (Lipinski definition) is 4. The Morgan fingerprint density at radius 3 is 2.58 bits per heavy atom. The molecule has 280 valence electrons. The summed E-state index contributed by atoms with van der Waals surface area (Å²) in [6.07, 6.45) is 0.792. The van der Waals surface area contributed by atoms with E-state index in [4.69, 9.17) is 24.3 Å². The van der Waals surface area contributed by atoms with Crippen molar-refractivity contribution in [3.63, 3.8) is 0 Å². The van der Waals surface area contributed by atoms with Crippen LogP contribution >= 0.6 is 23.7 Å². The highest BCUT2D eigenvalue weighted by atomic mass is 79.9. The average molecular weight is 824 g/mol. The van der Waals surface area contributed by atoms with E-state index in [-0.39, 0.29) is 35.3 Å². The molecule has 1 saturated heterocycles. The van der Waals surface area contributed by atoms with Crippen molar-refractivity contribution in [1.82, 2.24) is 29.4 Å². The summed E-state index contributed by atoms with van der Waals surface area (Å²) < 4.78 is 64.5. The molecular formula is C32H40BrN8O9PS. The van der Waals surface area contributed by atoms with Gasteiger partial charge < -0.3 is 24.8 Å². The van der Waals surface area contributed by atoms with Crippen LogP contribution in [0.2, 0.25) is 0 Å². The zero-order chi connectivity index (χ0) is 37.4. The number of benzene rings is 2. The minimum Gasteiger partial charge on any atom is -0.459 e. The summed E-state index contributed by atoms with van der Waals surface area (Å²) >= 11 is 3.38. The van der Waals surface area contributed by atoms with Gasteiger partial charge in [-0.05, 0) is 61.6 Å². The number of hydrogen-bond acceptors (Lipinski definition) is 14. The third kappa shape index (κ3) is 8.26. The number of aliphatic hydroxyl groups is 1. The van der Waals surface area contributed by atoms with Gasteiger partial charge in [0.15, 0.2) is 17.0 Å². The first-order valence-corrected chi connectivity index (χ1v) is 20.5. The lowest BCUT2D eigenvalue weighted by molar-refractivity contribution is -0.156. The molecule has 1 saturated carbocycles. The number of nitrogens with zero attached hydrogens (tertiary/aromatic N) is 5. The van der Waals surface area contributed by atoms with Gasteiger partial charge in [0.25, 0.3) is 0 Å². The van der Waals surface area contributed by atoms with E-state index in [2.05, 4.69) is 40.8 Å². The van der Waals surface area contributed by atoms with E-state index < -0.39 is 60.2 Å². The maximum Gasteiger partial charge on any atom is 0.459 e. The Balaban J connectivity index is 1.22. The van der Waals surface area contributed by atoms with E-state index >= 15 is 0 Å². The van der Waals surface area contributed by atoms with Crippen LogP contribution in [0.25, 0.3) is 11.2 Å². The second kappa shape index (κ2) is 15.0. The molecule has 3 heterocycles. The summed E-state index contributed by atoms with van der Waals surface area (Å²) in [5.41, 5.74) is 6.91. The molecule has 2 aliphatic rings. The largest absolute Gasteiger partial charge is 0.459 e. The summed E-state index contributed by atoms with van der Waals surface area (Å²) in [6.45, 7) is 3.31. The minimum absolute atomic E-state index is 0.0422. The molecular weight excluding hydrogens is 783 g/mol.